The molecule has 0 bridgehead atoms. The molecule has 2 aromatic heterocycles. The highest BCUT2D eigenvalue weighted by atomic mass is 16.4. The molecule has 1 aromatic carbocycles. The lowest BCUT2D eigenvalue weighted by Gasteiger charge is -2.04. The molecule has 8 nitrogen and oxygen atoms in total. The second-order valence-electron chi connectivity index (χ2n) is 5.22. The summed E-state index contributed by atoms with van der Waals surface area (Å²) in [4.78, 5) is 37.3. The second kappa shape index (κ2) is 8.97. The SMILES string of the molecule is O=C(NCCc1c[nH]c2ccccc12)c1cccnc1.O=C(O)C(=O)O. The number of para-hydroxylation sites is 1. The van der Waals surface area contributed by atoms with Crippen molar-refractivity contribution in [2.24, 2.45) is 0 Å². The van der Waals surface area contributed by atoms with Crippen molar-refractivity contribution in [3.05, 3.63) is 66.1 Å². The zero-order valence-corrected chi connectivity index (χ0v) is 13.7. The van der Waals surface area contributed by atoms with Crippen LogP contribution in [0.1, 0.15) is 15.9 Å². The van der Waals surface area contributed by atoms with Crippen LogP contribution in [0.3, 0.4) is 0 Å². The number of amides is 1. The molecular formula is C18H17N3O5. The van der Waals surface area contributed by atoms with Crippen LogP contribution >= 0.6 is 0 Å². The van der Waals surface area contributed by atoms with Gasteiger partial charge >= 0.3 is 11.9 Å². The van der Waals surface area contributed by atoms with Gasteiger partial charge in [-0.25, -0.2) is 9.59 Å². The predicted molar refractivity (Wildman–Crippen MR) is 93.8 cm³/mol. The van der Waals surface area contributed by atoms with E-state index in [9.17, 15) is 4.79 Å². The predicted octanol–water partition coefficient (Wildman–Crippen LogP) is 1.69. The Bertz CT molecular complexity index is 893. The quantitative estimate of drug-likeness (QED) is 0.527. The van der Waals surface area contributed by atoms with Gasteiger partial charge < -0.3 is 20.5 Å². The highest BCUT2D eigenvalue weighted by Gasteiger charge is 2.06. The summed E-state index contributed by atoms with van der Waals surface area (Å²) in [7, 11) is 0. The fraction of sp³-hybridized carbons (Fsp3) is 0.111. The van der Waals surface area contributed by atoms with E-state index in [0.717, 1.165) is 11.9 Å². The lowest BCUT2D eigenvalue weighted by atomic mass is 10.1. The minimum atomic E-state index is -1.82. The Hall–Kier alpha value is -3.68. The molecule has 3 aromatic rings. The fourth-order valence-electron chi connectivity index (χ4n) is 2.25. The maximum Gasteiger partial charge on any atom is 0.414 e. The number of pyridine rings is 1. The van der Waals surface area contributed by atoms with Crippen molar-refractivity contribution >= 4 is 28.7 Å². The molecule has 1 amide bonds. The smallest absolute Gasteiger partial charge is 0.414 e. The standard InChI is InChI=1S/C16H15N3O.C2H2O4/c20-16(13-4-3-8-17-10-13)18-9-7-12-11-19-15-6-2-1-5-14(12)15;3-1(4)2(5)6/h1-6,8,10-11,19H,7,9H2,(H,18,20);(H,3,4)(H,5,6). The molecule has 0 radical (unpaired) electrons. The summed E-state index contributed by atoms with van der Waals surface area (Å²) in [5, 5.41) is 18.9. The van der Waals surface area contributed by atoms with Crippen molar-refractivity contribution in [2.75, 3.05) is 6.54 Å². The van der Waals surface area contributed by atoms with Crippen molar-refractivity contribution < 1.29 is 24.6 Å². The average molecular weight is 355 g/mol. The van der Waals surface area contributed by atoms with E-state index in [0.29, 0.717) is 12.1 Å². The van der Waals surface area contributed by atoms with Crippen LogP contribution in [0.15, 0.2) is 55.0 Å². The lowest BCUT2D eigenvalue weighted by molar-refractivity contribution is -0.159. The number of hydrogen-bond donors (Lipinski definition) is 4. The Kier molecular flexibility index (Phi) is 6.44. The number of carbonyl (C=O) groups is 3. The van der Waals surface area contributed by atoms with E-state index < -0.39 is 11.9 Å². The molecule has 0 spiro atoms. The van der Waals surface area contributed by atoms with Crippen LogP contribution in [0.5, 0.6) is 0 Å². The van der Waals surface area contributed by atoms with E-state index in [1.165, 1.54) is 10.9 Å². The summed E-state index contributed by atoms with van der Waals surface area (Å²) >= 11 is 0. The van der Waals surface area contributed by atoms with E-state index in [4.69, 9.17) is 19.8 Å². The lowest BCUT2D eigenvalue weighted by Crippen LogP contribution is -2.25. The minimum Gasteiger partial charge on any atom is -0.473 e. The number of carbonyl (C=O) groups excluding carboxylic acids is 1. The van der Waals surface area contributed by atoms with Crippen LogP contribution in [-0.4, -0.2) is 44.6 Å². The van der Waals surface area contributed by atoms with E-state index in [1.807, 2.05) is 24.4 Å². The Labute approximate surface area is 148 Å². The number of H-pyrrole nitrogens is 1. The maximum atomic E-state index is 11.9. The molecule has 0 atom stereocenters. The number of aromatic amines is 1. The molecule has 3 rings (SSSR count). The third-order valence-electron chi connectivity index (χ3n) is 3.46. The highest BCUT2D eigenvalue weighted by molar-refractivity contribution is 6.27. The number of aromatic nitrogens is 2. The van der Waals surface area contributed by atoms with Crippen molar-refractivity contribution in [3.8, 4) is 0 Å². The van der Waals surface area contributed by atoms with Gasteiger partial charge in [-0.15, -0.1) is 0 Å². The first-order chi connectivity index (χ1) is 12.5. The van der Waals surface area contributed by atoms with Gasteiger partial charge in [-0.2, -0.15) is 0 Å². The third kappa shape index (κ3) is 5.17. The van der Waals surface area contributed by atoms with E-state index >= 15 is 0 Å². The molecule has 0 aliphatic carbocycles. The van der Waals surface area contributed by atoms with Crippen LogP contribution in [0, 0.1) is 0 Å². The molecule has 0 unspecified atom stereocenters. The van der Waals surface area contributed by atoms with Crippen LogP contribution in [0.4, 0.5) is 0 Å². The number of nitrogens with zero attached hydrogens (tertiary/aromatic N) is 1. The molecule has 0 saturated heterocycles. The van der Waals surface area contributed by atoms with E-state index in [1.54, 1.807) is 24.5 Å². The second-order valence-corrected chi connectivity index (χ2v) is 5.22. The zero-order chi connectivity index (χ0) is 18.9. The van der Waals surface area contributed by atoms with Crippen molar-refractivity contribution in [3.63, 3.8) is 0 Å². The Morgan fingerprint density at radius 3 is 2.42 bits per heavy atom. The number of carboxylic acid groups (broad SMARTS) is 2. The Balaban J connectivity index is 0.000000352. The number of hydrogen-bond acceptors (Lipinski definition) is 4. The first-order valence-corrected chi connectivity index (χ1v) is 7.68. The third-order valence-corrected chi connectivity index (χ3v) is 3.46. The van der Waals surface area contributed by atoms with Crippen LogP contribution in [0.25, 0.3) is 10.9 Å². The fourth-order valence-corrected chi connectivity index (χ4v) is 2.25. The number of nitrogens with one attached hydrogen (secondary N) is 2. The molecule has 0 fully saturated rings. The van der Waals surface area contributed by atoms with Gasteiger partial charge in [0.15, 0.2) is 0 Å². The zero-order valence-electron chi connectivity index (χ0n) is 13.7. The number of rotatable bonds is 4. The van der Waals surface area contributed by atoms with Gasteiger partial charge in [0.2, 0.25) is 0 Å². The molecule has 4 N–H and O–H groups in total. The van der Waals surface area contributed by atoms with Crippen LogP contribution in [-0.2, 0) is 16.0 Å². The molecule has 2 heterocycles. The van der Waals surface area contributed by atoms with E-state index in [-0.39, 0.29) is 5.91 Å². The minimum absolute atomic E-state index is 0.0852. The average Bonchev–Trinajstić information content (AvgIpc) is 3.06. The molecular weight excluding hydrogens is 338 g/mol. The summed E-state index contributed by atoms with van der Waals surface area (Å²) in [6.07, 6.45) is 6.03. The van der Waals surface area contributed by atoms with Gasteiger partial charge in [0.1, 0.15) is 0 Å². The number of fused-ring (bicyclic) bond motifs is 1. The monoisotopic (exact) mass is 355 g/mol. The summed E-state index contributed by atoms with van der Waals surface area (Å²) in [6.45, 7) is 0.607. The van der Waals surface area contributed by atoms with Gasteiger partial charge in [-0.3, -0.25) is 9.78 Å². The van der Waals surface area contributed by atoms with Crippen LogP contribution < -0.4 is 5.32 Å². The highest BCUT2D eigenvalue weighted by Crippen LogP contribution is 2.17. The number of carboxylic acids is 2. The normalized spacial score (nSPS) is 9.85. The molecule has 0 aliphatic heterocycles. The first kappa shape index (κ1) is 18.7. The van der Waals surface area contributed by atoms with Crippen molar-refractivity contribution in [1.82, 2.24) is 15.3 Å². The molecule has 134 valence electrons. The molecule has 0 saturated carbocycles. The summed E-state index contributed by atoms with van der Waals surface area (Å²) in [5.74, 6) is -3.73. The molecule has 0 aliphatic rings. The number of aliphatic carboxylic acids is 2. The van der Waals surface area contributed by atoms with E-state index in [2.05, 4.69) is 21.4 Å². The molecule has 26 heavy (non-hydrogen) atoms. The van der Waals surface area contributed by atoms with Crippen molar-refractivity contribution in [2.45, 2.75) is 6.42 Å². The summed E-state index contributed by atoms with van der Waals surface area (Å²) in [5.41, 5.74) is 2.93. The van der Waals surface area contributed by atoms with Gasteiger partial charge in [0.05, 0.1) is 5.56 Å². The van der Waals surface area contributed by atoms with Gasteiger partial charge in [0.25, 0.3) is 5.91 Å². The first-order valence-electron chi connectivity index (χ1n) is 7.68. The summed E-state index contributed by atoms with van der Waals surface area (Å²) < 4.78 is 0. The Morgan fingerprint density at radius 2 is 1.77 bits per heavy atom. The largest absolute Gasteiger partial charge is 0.473 e. The number of benzene rings is 1. The van der Waals surface area contributed by atoms with Gasteiger partial charge in [-0.05, 0) is 30.2 Å². The van der Waals surface area contributed by atoms with Crippen LogP contribution in [0.2, 0.25) is 0 Å². The maximum absolute atomic E-state index is 11.9. The topological polar surface area (TPSA) is 132 Å². The molecule has 8 heteroatoms. The van der Waals surface area contributed by atoms with Gasteiger partial charge in [0, 0.05) is 36.0 Å². The van der Waals surface area contributed by atoms with Gasteiger partial charge in [-0.1, -0.05) is 18.2 Å². The Morgan fingerprint density at radius 1 is 1.04 bits per heavy atom. The summed E-state index contributed by atoms with van der Waals surface area (Å²) in [6, 6.07) is 11.7. The van der Waals surface area contributed by atoms with Crippen molar-refractivity contribution in [1.29, 1.82) is 0 Å².